The van der Waals surface area contributed by atoms with Crippen LogP contribution in [0.3, 0.4) is 0 Å². The summed E-state index contributed by atoms with van der Waals surface area (Å²) in [5.41, 5.74) is 0.535. The number of rotatable bonds is 6. The summed E-state index contributed by atoms with van der Waals surface area (Å²) in [5.74, 6) is -0.0377. The van der Waals surface area contributed by atoms with Gasteiger partial charge >= 0.3 is 0 Å². The van der Waals surface area contributed by atoms with Crippen molar-refractivity contribution in [3.8, 4) is 6.07 Å². The topological polar surface area (TPSA) is 68.2 Å². The van der Waals surface area contributed by atoms with E-state index in [-0.39, 0.29) is 5.91 Å². The van der Waals surface area contributed by atoms with E-state index in [9.17, 15) is 4.79 Å². The van der Waals surface area contributed by atoms with Crippen LogP contribution in [0.5, 0.6) is 0 Å². The van der Waals surface area contributed by atoms with Crippen molar-refractivity contribution in [2.75, 3.05) is 31.5 Å². The number of carbonyl (C=O) groups is 1. The minimum atomic E-state index is -0.0377. The Bertz CT molecular complexity index is 488. The number of hydrogen-bond donors (Lipinski definition) is 2. The van der Waals surface area contributed by atoms with Crippen LogP contribution in [-0.2, 0) is 4.79 Å². The van der Waals surface area contributed by atoms with Crippen LogP contribution in [0, 0.1) is 11.3 Å². The predicted octanol–water partition coefficient (Wildman–Crippen LogP) is 1.63. The van der Waals surface area contributed by atoms with E-state index >= 15 is 0 Å². The highest BCUT2D eigenvalue weighted by molar-refractivity contribution is 7.14. The summed E-state index contributed by atoms with van der Waals surface area (Å²) in [5, 5.41) is 17.6. The van der Waals surface area contributed by atoms with Gasteiger partial charge in [-0.05, 0) is 37.4 Å². The second-order valence-electron chi connectivity index (χ2n) is 4.94. The molecule has 0 bridgehead atoms. The zero-order chi connectivity index (χ0) is 14.4. The lowest BCUT2D eigenvalue weighted by Gasteiger charge is -2.27. The first-order chi connectivity index (χ1) is 9.74. The number of thiophene rings is 1. The van der Waals surface area contributed by atoms with E-state index < -0.39 is 0 Å². The minimum absolute atomic E-state index is 0.0377. The maximum Gasteiger partial charge on any atom is 0.239 e. The van der Waals surface area contributed by atoms with Crippen molar-refractivity contribution in [3.05, 3.63) is 17.0 Å². The molecule has 1 atom stereocenters. The number of nitrogens with one attached hydrogen (secondary N) is 2. The van der Waals surface area contributed by atoms with Gasteiger partial charge in [-0.1, -0.05) is 6.92 Å². The third-order valence-electron chi connectivity index (χ3n) is 3.45. The van der Waals surface area contributed by atoms with Gasteiger partial charge in [0, 0.05) is 12.6 Å². The Balaban J connectivity index is 1.92. The lowest BCUT2D eigenvalue weighted by molar-refractivity contribution is -0.117. The fourth-order valence-electron chi connectivity index (χ4n) is 2.47. The first-order valence-corrected chi connectivity index (χ1v) is 7.84. The first-order valence-electron chi connectivity index (χ1n) is 6.96. The second kappa shape index (κ2) is 7.39. The van der Waals surface area contributed by atoms with Crippen LogP contribution in [0.1, 0.15) is 25.3 Å². The van der Waals surface area contributed by atoms with Crippen LogP contribution in [-0.4, -0.2) is 43.0 Å². The molecule has 0 radical (unpaired) electrons. The van der Waals surface area contributed by atoms with Gasteiger partial charge in [-0.15, -0.1) is 11.3 Å². The largest absolute Gasteiger partial charge is 0.315 e. The molecule has 5 nitrogen and oxygen atoms in total. The highest BCUT2D eigenvalue weighted by Crippen LogP contribution is 2.22. The van der Waals surface area contributed by atoms with Crippen LogP contribution < -0.4 is 10.6 Å². The normalized spacial score (nSPS) is 18.1. The number of carbonyl (C=O) groups excluding carboxylic acids is 1. The molecule has 0 spiro atoms. The Hall–Kier alpha value is -1.42. The molecule has 1 aromatic heterocycles. The van der Waals surface area contributed by atoms with Crippen molar-refractivity contribution >= 4 is 22.2 Å². The van der Waals surface area contributed by atoms with Crippen molar-refractivity contribution in [1.82, 2.24) is 10.2 Å². The summed E-state index contributed by atoms with van der Waals surface area (Å²) in [6, 6.07) is 4.26. The zero-order valence-corrected chi connectivity index (χ0v) is 12.5. The van der Waals surface area contributed by atoms with E-state index in [1.165, 1.54) is 11.3 Å². The molecular formula is C14H20N4OS. The molecule has 1 aliphatic rings. The van der Waals surface area contributed by atoms with Crippen LogP contribution >= 0.6 is 11.3 Å². The van der Waals surface area contributed by atoms with Crippen molar-refractivity contribution < 1.29 is 4.79 Å². The van der Waals surface area contributed by atoms with Gasteiger partial charge in [-0.2, -0.15) is 5.26 Å². The van der Waals surface area contributed by atoms with Gasteiger partial charge in [0.15, 0.2) is 0 Å². The molecule has 1 unspecified atom stereocenters. The standard InChI is InChI=1S/C14H20N4OS/c1-2-6-18(12-3-5-16-9-12)10-13(19)17-14-11(8-15)4-7-20-14/h4,7,12,16H,2-3,5-6,9-10H2,1H3,(H,17,19). The number of nitrogens with zero attached hydrogens (tertiary/aromatic N) is 2. The predicted molar refractivity (Wildman–Crippen MR) is 80.8 cm³/mol. The second-order valence-corrected chi connectivity index (χ2v) is 5.86. The SMILES string of the molecule is CCCN(CC(=O)Nc1sccc1C#N)C1CCNC1. The highest BCUT2D eigenvalue weighted by Gasteiger charge is 2.23. The molecular weight excluding hydrogens is 272 g/mol. The van der Waals surface area contributed by atoms with E-state index in [1.807, 2.05) is 5.38 Å². The summed E-state index contributed by atoms with van der Waals surface area (Å²) in [7, 11) is 0. The fourth-order valence-corrected chi connectivity index (χ4v) is 3.23. The van der Waals surface area contributed by atoms with Gasteiger partial charge in [0.1, 0.15) is 11.1 Å². The molecule has 1 aromatic rings. The van der Waals surface area contributed by atoms with Gasteiger partial charge in [0.25, 0.3) is 0 Å². The summed E-state index contributed by atoms with van der Waals surface area (Å²) in [6.45, 7) is 5.42. The van der Waals surface area contributed by atoms with Crippen LogP contribution in [0.25, 0.3) is 0 Å². The lowest BCUT2D eigenvalue weighted by Crippen LogP contribution is -2.42. The van der Waals surface area contributed by atoms with Gasteiger partial charge in [0.05, 0.1) is 12.1 Å². The summed E-state index contributed by atoms with van der Waals surface area (Å²) in [4.78, 5) is 14.4. The summed E-state index contributed by atoms with van der Waals surface area (Å²) in [6.07, 6.45) is 2.13. The van der Waals surface area contributed by atoms with Gasteiger partial charge in [-0.3, -0.25) is 9.69 Å². The number of nitriles is 1. The third-order valence-corrected chi connectivity index (χ3v) is 4.28. The molecule has 1 saturated heterocycles. The zero-order valence-electron chi connectivity index (χ0n) is 11.7. The van der Waals surface area contributed by atoms with Gasteiger partial charge < -0.3 is 10.6 Å². The average molecular weight is 292 g/mol. The van der Waals surface area contributed by atoms with Crippen molar-refractivity contribution in [2.24, 2.45) is 0 Å². The average Bonchev–Trinajstić information content (AvgIpc) is 3.09. The molecule has 1 aliphatic heterocycles. The molecule has 2 rings (SSSR count). The van der Waals surface area contributed by atoms with E-state index in [0.29, 0.717) is 23.2 Å². The quantitative estimate of drug-likeness (QED) is 0.836. The van der Waals surface area contributed by atoms with Crippen molar-refractivity contribution in [3.63, 3.8) is 0 Å². The molecule has 108 valence electrons. The van der Waals surface area contributed by atoms with Crippen LogP contribution in [0.15, 0.2) is 11.4 Å². The van der Waals surface area contributed by atoms with E-state index in [4.69, 9.17) is 5.26 Å². The summed E-state index contributed by atoms with van der Waals surface area (Å²) < 4.78 is 0. The first kappa shape index (κ1) is 15.0. The molecule has 0 saturated carbocycles. The molecule has 2 heterocycles. The van der Waals surface area contributed by atoms with Crippen LogP contribution in [0.2, 0.25) is 0 Å². The van der Waals surface area contributed by atoms with Crippen LogP contribution in [0.4, 0.5) is 5.00 Å². The molecule has 1 amide bonds. The van der Waals surface area contributed by atoms with E-state index in [1.54, 1.807) is 6.07 Å². The van der Waals surface area contributed by atoms with E-state index in [0.717, 1.165) is 32.5 Å². The molecule has 6 heteroatoms. The minimum Gasteiger partial charge on any atom is -0.315 e. The fraction of sp³-hybridized carbons (Fsp3) is 0.571. The Morgan fingerprint density at radius 2 is 2.55 bits per heavy atom. The lowest BCUT2D eigenvalue weighted by atomic mass is 10.2. The molecule has 0 aliphatic carbocycles. The Morgan fingerprint density at radius 3 is 3.20 bits per heavy atom. The monoisotopic (exact) mass is 292 g/mol. The van der Waals surface area contributed by atoms with E-state index in [2.05, 4.69) is 28.5 Å². The molecule has 20 heavy (non-hydrogen) atoms. The van der Waals surface area contributed by atoms with Gasteiger partial charge in [-0.25, -0.2) is 0 Å². The third kappa shape index (κ3) is 3.79. The molecule has 2 N–H and O–H groups in total. The maximum absolute atomic E-state index is 12.1. The van der Waals surface area contributed by atoms with Gasteiger partial charge in [0.2, 0.25) is 5.91 Å². The Morgan fingerprint density at radius 1 is 1.70 bits per heavy atom. The molecule has 0 aromatic carbocycles. The Labute approximate surface area is 123 Å². The molecule has 1 fully saturated rings. The smallest absolute Gasteiger partial charge is 0.239 e. The number of hydrogen-bond acceptors (Lipinski definition) is 5. The Kier molecular flexibility index (Phi) is 5.53. The van der Waals surface area contributed by atoms with Crippen molar-refractivity contribution in [1.29, 1.82) is 5.26 Å². The number of anilines is 1. The van der Waals surface area contributed by atoms with Crippen molar-refractivity contribution in [2.45, 2.75) is 25.8 Å². The number of amides is 1. The highest BCUT2D eigenvalue weighted by atomic mass is 32.1. The maximum atomic E-state index is 12.1. The summed E-state index contributed by atoms with van der Waals surface area (Å²) >= 11 is 1.39.